The molecule has 0 aliphatic heterocycles. The highest BCUT2D eigenvalue weighted by Crippen LogP contribution is 2.39. The van der Waals surface area contributed by atoms with E-state index in [-0.39, 0.29) is 11.3 Å². The van der Waals surface area contributed by atoms with Crippen molar-refractivity contribution in [2.75, 3.05) is 0 Å². The minimum Gasteiger partial charge on any atom is -0.464 e. The minimum atomic E-state index is -4.57. The number of hydrogen-bond donors (Lipinski definition) is 1. The molecule has 0 atom stereocenters. The van der Waals surface area contributed by atoms with Crippen molar-refractivity contribution < 1.29 is 23.1 Å². The molecule has 7 heteroatoms. The fourth-order valence-electron chi connectivity index (χ4n) is 2.53. The lowest BCUT2D eigenvalue weighted by molar-refractivity contribution is -0.137. The Morgan fingerprint density at radius 2 is 1.78 bits per heavy atom. The molecule has 118 valence electrons. The van der Waals surface area contributed by atoms with Crippen molar-refractivity contribution in [2.45, 2.75) is 6.18 Å². The number of carboxylic acid groups (broad SMARTS) is 1. The fraction of sp³-hybridized carbons (Fsp3) is 0.0625. The summed E-state index contributed by atoms with van der Waals surface area (Å²) in [5.74, 6) is 0. The van der Waals surface area contributed by atoms with Crippen LogP contribution in [0, 0.1) is 0 Å². The van der Waals surface area contributed by atoms with Crippen LogP contribution in [0.15, 0.2) is 53.0 Å². The molecule has 1 aromatic heterocycles. The summed E-state index contributed by atoms with van der Waals surface area (Å²) in [6, 6.07) is 11.3. The van der Waals surface area contributed by atoms with Crippen LogP contribution in [0.25, 0.3) is 22.2 Å². The summed E-state index contributed by atoms with van der Waals surface area (Å²) >= 11 is 3.24. The van der Waals surface area contributed by atoms with Gasteiger partial charge in [0.1, 0.15) is 0 Å². The van der Waals surface area contributed by atoms with Gasteiger partial charge >= 0.3 is 12.3 Å². The Hall–Kier alpha value is -2.28. The van der Waals surface area contributed by atoms with Crippen LogP contribution in [0.1, 0.15) is 5.56 Å². The number of aromatic nitrogens is 1. The van der Waals surface area contributed by atoms with Crippen LogP contribution < -0.4 is 0 Å². The molecule has 0 bridgehead atoms. The average molecular weight is 384 g/mol. The van der Waals surface area contributed by atoms with Crippen molar-refractivity contribution >= 4 is 32.9 Å². The zero-order valence-electron chi connectivity index (χ0n) is 11.4. The summed E-state index contributed by atoms with van der Waals surface area (Å²) in [5.41, 5.74) is -0.739. The topological polar surface area (TPSA) is 42.2 Å². The zero-order valence-corrected chi connectivity index (χ0v) is 13.0. The maximum atomic E-state index is 13.2. The van der Waals surface area contributed by atoms with E-state index in [2.05, 4.69) is 15.9 Å². The molecule has 3 nitrogen and oxygen atoms in total. The third kappa shape index (κ3) is 2.72. The summed E-state index contributed by atoms with van der Waals surface area (Å²) in [5, 5.41) is 10.0. The number of fused-ring (bicyclic) bond motifs is 1. The average Bonchev–Trinajstić information content (AvgIpc) is 2.84. The Morgan fingerprint density at radius 1 is 1.09 bits per heavy atom. The second kappa shape index (κ2) is 5.42. The molecule has 23 heavy (non-hydrogen) atoms. The standard InChI is InChI=1S/C16H9BrF3NO2/c17-10-6-5-9-7-14(21(15(22)23)13(9)8-10)11-3-1-2-4-12(11)16(18,19)20/h1-8H,(H,22,23). The molecular weight excluding hydrogens is 375 g/mol. The van der Waals surface area contributed by atoms with Gasteiger partial charge in [0.15, 0.2) is 0 Å². The van der Waals surface area contributed by atoms with E-state index in [1.165, 1.54) is 24.3 Å². The first-order chi connectivity index (χ1) is 10.8. The monoisotopic (exact) mass is 383 g/mol. The van der Waals surface area contributed by atoms with Crippen LogP contribution >= 0.6 is 15.9 Å². The van der Waals surface area contributed by atoms with E-state index in [0.29, 0.717) is 15.4 Å². The molecule has 1 N–H and O–H groups in total. The van der Waals surface area contributed by atoms with E-state index in [0.717, 1.165) is 10.6 Å². The van der Waals surface area contributed by atoms with Gasteiger partial charge < -0.3 is 5.11 Å². The first-order valence-corrected chi connectivity index (χ1v) is 7.29. The van der Waals surface area contributed by atoms with Crippen LogP contribution in [0.5, 0.6) is 0 Å². The van der Waals surface area contributed by atoms with Gasteiger partial charge in [0.25, 0.3) is 0 Å². The third-order valence-electron chi connectivity index (χ3n) is 3.47. The Kier molecular flexibility index (Phi) is 3.68. The van der Waals surface area contributed by atoms with Gasteiger partial charge in [0.2, 0.25) is 0 Å². The highest BCUT2D eigenvalue weighted by atomic mass is 79.9. The second-order valence-corrected chi connectivity index (χ2v) is 5.81. The van der Waals surface area contributed by atoms with Crippen LogP contribution in [0.4, 0.5) is 18.0 Å². The molecule has 0 aliphatic carbocycles. The lowest BCUT2D eigenvalue weighted by atomic mass is 10.0. The van der Waals surface area contributed by atoms with Crippen molar-refractivity contribution in [1.29, 1.82) is 0 Å². The highest BCUT2D eigenvalue weighted by Gasteiger charge is 2.34. The normalized spacial score (nSPS) is 11.8. The molecule has 2 aromatic carbocycles. The molecule has 0 aliphatic rings. The smallest absolute Gasteiger partial charge is 0.417 e. The van der Waals surface area contributed by atoms with Gasteiger partial charge in [-0.25, -0.2) is 9.36 Å². The van der Waals surface area contributed by atoms with Crippen molar-refractivity contribution in [3.63, 3.8) is 0 Å². The number of halogens is 4. The summed E-state index contributed by atoms with van der Waals surface area (Å²) in [7, 11) is 0. The summed E-state index contributed by atoms with van der Waals surface area (Å²) in [4.78, 5) is 11.6. The number of benzene rings is 2. The molecule has 0 amide bonds. The van der Waals surface area contributed by atoms with Crippen LogP contribution in [0.2, 0.25) is 0 Å². The molecule has 0 saturated heterocycles. The molecule has 3 rings (SSSR count). The Balaban J connectivity index is 2.38. The third-order valence-corrected chi connectivity index (χ3v) is 3.96. The van der Waals surface area contributed by atoms with E-state index in [1.54, 1.807) is 18.2 Å². The molecule has 0 spiro atoms. The first-order valence-electron chi connectivity index (χ1n) is 6.50. The van der Waals surface area contributed by atoms with Gasteiger partial charge in [-0.2, -0.15) is 13.2 Å². The van der Waals surface area contributed by atoms with E-state index < -0.39 is 17.8 Å². The predicted octanol–water partition coefficient (Wildman–Crippen LogP) is 5.62. The van der Waals surface area contributed by atoms with E-state index >= 15 is 0 Å². The maximum Gasteiger partial charge on any atom is 0.417 e. The largest absolute Gasteiger partial charge is 0.464 e. The molecule has 3 aromatic rings. The van der Waals surface area contributed by atoms with Crippen molar-refractivity contribution in [3.8, 4) is 11.3 Å². The van der Waals surface area contributed by atoms with Crippen molar-refractivity contribution in [2.24, 2.45) is 0 Å². The van der Waals surface area contributed by atoms with Gasteiger partial charge in [-0.15, -0.1) is 0 Å². The van der Waals surface area contributed by atoms with Crippen molar-refractivity contribution in [3.05, 3.63) is 58.6 Å². The molecular formula is C16H9BrF3NO2. The van der Waals surface area contributed by atoms with Gasteiger partial charge in [-0.3, -0.25) is 0 Å². The molecule has 0 fully saturated rings. The molecule has 0 saturated carbocycles. The van der Waals surface area contributed by atoms with Crippen molar-refractivity contribution in [1.82, 2.24) is 4.57 Å². The number of hydrogen-bond acceptors (Lipinski definition) is 1. The summed E-state index contributed by atoms with van der Waals surface area (Å²) in [6.45, 7) is 0. The molecule has 0 radical (unpaired) electrons. The van der Waals surface area contributed by atoms with Gasteiger partial charge in [-0.05, 0) is 24.3 Å². The van der Waals surface area contributed by atoms with Gasteiger partial charge in [-0.1, -0.05) is 40.2 Å². The number of rotatable bonds is 1. The fourth-order valence-corrected chi connectivity index (χ4v) is 2.88. The predicted molar refractivity (Wildman–Crippen MR) is 83.5 cm³/mol. The van der Waals surface area contributed by atoms with Gasteiger partial charge in [0.05, 0.1) is 16.8 Å². The lowest BCUT2D eigenvalue weighted by Gasteiger charge is -2.13. The van der Waals surface area contributed by atoms with Crippen LogP contribution in [-0.2, 0) is 6.18 Å². The minimum absolute atomic E-state index is 0.0153. The highest BCUT2D eigenvalue weighted by molar-refractivity contribution is 9.10. The Morgan fingerprint density at radius 3 is 2.43 bits per heavy atom. The maximum absolute atomic E-state index is 13.2. The molecule has 1 heterocycles. The lowest BCUT2D eigenvalue weighted by Crippen LogP contribution is -2.12. The summed E-state index contributed by atoms with van der Waals surface area (Å²) in [6.07, 6.45) is -5.91. The second-order valence-electron chi connectivity index (χ2n) is 4.89. The Bertz CT molecular complexity index is 915. The van der Waals surface area contributed by atoms with E-state index in [9.17, 15) is 23.1 Å². The SMILES string of the molecule is O=C(O)n1c(-c2ccccc2C(F)(F)F)cc2ccc(Br)cc21. The molecule has 0 unspecified atom stereocenters. The quantitative estimate of drug-likeness (QED) is 0.592. The van der Waals surface area contributed by atoms with E-state index in [1.807, 2.05) is 0 Å². The van der Waals surface area contributed by atoms with Crippen LogP contribution in [-0.4, -0.2) is 15.8 Å². The van der Waals surface area contributed by atoms with Crippen LogP contribution in [0.3, 0.4) is 0 Å². The zero-order chi connectivity index (χ0) is 16.8. The van der Waals surface area contributed by atoms with E-state index in [4.69, 9.17) is 0 Å². The number of carbonyl (C=O) groups is 1. The first kappa shape index (κ1) is 15.6. The Labute approximate surface area is 137 Å². The number of alkyl halides is 3. The van der Waals surface area contributed by atoms with Gasteiger partial charge in [0, 0.05) is 15.4 Å². The summed E-state index contributed by atoms with van der Waals surface area (Å²) < 4.78 is 41.2. The number of nitrogens with zero attached hydrogens (tertiary/aromatic N) is 1.